The third-order valence-electron chi connectivity index (χ3n) is 5.42. The van der Waals surface area contributed by atoms with Crippen molar-refractivity contribution in [2.24, 2.45) is 17.7 Å². The average Bonchev–Trinajstić information content (AvgIpc) is 2.44. The maximum atomic E-state index is 6.28. The van der Waals surface area contributed by atoms with Crippen LogP contribution in [0.4, 0.5) is 0 Å². The van der Waals surface area contributed by atoms with Crippen molar-refractivity contribution in [2.75, 3.05) is 6.61 Å². The van der Waals surface area contributed by atoms with Gasteiger partial charge in [0, 0.05) is 6.61 Å². The molecular formula is C16H32N2O. The molecule has 0 aromatic rings. The number of ether oxygens (including phenoxy) is 1. The van der Waals surface area contributed by atoms with E-state index in [1.807, 2.05) is 0 Å². The molecular weight excluding hydrogens is 236 g/mol. The van der Waals surface area contributed by atoms with Crippen molar-refractivity contribution >= 4 is 0 Å². The van der Waals surface area contributed by atoms with Crippen molar-refractivity contribution in [1.82, 2.24) is 5.43 Å². The van der Waals surface area contributed by atoms with Gasteiger partial charge < -0.3 is 4.74 Å². The highest BCUT2D eigenvalue weighted by atomic mass is 16.5. The normalized spacial score (nSPS) is 35.2. The second-order valence-corrected chi connectivity index (χ2v) is 6.72. The van der Waals surface area contributed by atoms with E-state index in [-0.39, 0.29) is 5.60 Å². The van der Waals surface area contributed by atoms with Gasteiger partial charge >= 0.3 is 0 Å². The first-order chi connectivity index (χ1) is 9.22. The Morgan fingerprint density at radius 2 is 1.79 bits per heavy atom. The zero-order valence-electron chi connectivity index (χ0n) is 12.8. The van der Waals surface area contributed by atoms with Gasteiger partial charge in [0.1, 0.15) is 0 Å². The summed E-state index contributed by atoms with van der Waals surface area (Å²) in [5.41, 5.74) is 3.15. The summed E-state index contributed by atoms with van der Waals surface area (Å²) in [7, 11) is 0. The molecule has 112 valence electrons. The summed E-state index contributed by atoms with van der Waals surface area (Å²) in [4.78, 5) is 0. The van der Waals surface area contributed by atoms with Crippen molar-refractivity contribution < 1.29 is 4.74 Å². The lowest BCUT2D eigenvalue weighted by molar-refractivity contribution is -0.111. The maximum absolute atomic E-state index is 6.28. The summed E-state index contributed by atoms with van der Waals surface area (Å²) in [5, 5.41) is 0. The van der Waals surface area contributed by atoms with Crippen LogP contribution in [-0.2, 0) is 4.74 Å². The fraction of sp³-hybridized carbons (Fsp3) is 1.00. The van der Waals surface area contributed by atoms with Gasteiger partial charge in [-0.1, -0.05) is 26.2 Å². The van der Waals surface area contributed by atoms with Crippen LogP contribution in [0.1, 0.15) is 71.6 Å². The summed E-state index contributed by atoms with van der Waals surface area (Å²) < 4.78 is 6.28. The Morgan fingerprint density at radius 1 is 1.16 bits per heavy atom. The van der Waals surface area contributed by atoms with E-state index in [0.29, 0.717) is 12.0 Å². The van der Waals surface area contributed by atoms with E-state index in [0.717, 1.165) is 12.5 Å². The van der Waals surface area contributed by atoms with Crippen LogP contribution in [0.15, 0.2) is 0 Å². The summed E-state index contributed by atoms with van der Waals surface area (Å²) in [6.07, 6.45) is 11.7. The minimum absolute atomic E-state index is 0.00197. The molecule has 3 heteroatoms. The third-order valence-corrected chi connectivity index (χ3v) is 5.42. The van der Waals surface area contributed by atoms with Gasteiger partial charge in [-0.3, -0.25) is 11.3 Å². The predicted octanol–water partition coefficient (Wildman–Crippen LogP) is 3.38. The van der Waals surface area contributed by atoms with Crippen LogP contribution < -0.4 is 11.3 Å². The predicted molar refractivity (Wildman–Crippen MR) is 79.7 cm³/mol. The highest BCUT2D eigenvalue weighted by molar-refractivity contribution is 4.99. The van der Waals surface area contributed by atoms with E-state index >= 15 is 0 Å². The van der Waals surface area contributed by atoms with Gasteiger partial charge in [-0.25, -0.2) is 0 Å². The number of nitrogens with two attached hydrogens (primary N) is 1. The first-order valence-electron chi connectivity index (χ1n) is 8.32. The van der Waals surface area contributed by atoms with Crippen molar-refractivity contribution in [3.05, 3.63) is 0 Å². The molecule has 0 spiro atoms. The molecule has 0 saturated heterocycles. The Bertz CT molecular complexity index is 255. The van der Waals surface area contributed by atoms with Crippen molar-refractivity contribution in [1.29, 1.82) is 0 Å². The molecule has 0 radical (unpaired) electrons. The molecule has 2 fully saturated rings. The number of hydrogen-bond acceptors (Lipinski definition) is 3. The second-order valence-electron chi connectivity index (χ2n) is 6.72. The van der Waals surface area contributed by atoms with Gasteiger partial charge in [-0.15, -0.1) is 0 Å². The quantitative estimate of drug-likeness (QED) is 0.593. The molecule has 0 amide bonds. The number of hydrazine groups is 1. The zero-order valence-corrected chi connectivity index (χ0v) is 12.8. The first kappa shape index (κ1) is 15.3. The van der Waals surface area contributed by atoms with Gasteiger partial charge in [-0.2, -0.15) is 0 Å². The monoisotopic (exact) mass is 268 g/mol. The molecule has 0 bridgehead atoms. The SMILES string of the molecule is CCOC1(C(NN)C2CCCCC2)CCC(C)CC1. The topological polar surface area (TPSA) is 47.3 Å². The van der Waals surface area contributed by atoms with Crippen LogP contribution in [0.3, 0.4) is 0 Å². The van der Waals surface area contributed by atoms with Gasteiger partial charge in [0.15, 0.2) is 0 Å². The fourth-order valence-electron chi connectivity index (χ4n) is 4.27. The van der Waals surface area contributed by atoms with Crippen LogP contribution in [0.25, 0.3) is 0 Å². The molecule has 0 aromatic heterocycles. The fourth-order valence-corrected chi connectivity index (χ4v) is 4.27. The van der Waals surface area contributed by atoms with Crippen LogP contribution >= 0.6 is 0 Å². The van der Waals surface area contributed by atoms with E-state index in [1.54, 1.807) is 0 Å². The van der Waals surface area contributed by atoms with Gasteiger partial charge in [0.05, 0.1) is 11.6 Å². The molecule has 0 aliphatic heterocycles. The summed E-state index contributed by atoms with van der Waals surface area (Å²) in [5.74, 6) is 7.51. The number of hydrogen-bond donors (Lipinski definition) is 2. The molecule has 2 saturated carbocycles. The molecule has 3 nitrogen and oxygen atoms in total. The molecule has 0 heterocycles. The second kappa shape index (κ2) is 7.05. The Balaban J connectivity index is 2.10. The Hall–Kier alpha value is -0.120. The number of nitrogens with one attached hydrogen (secondary N) is 1. The molecule has 3 N–H and O–H groups in total. The van der Waals surface area contributed by atoms with Crippen LogP contribution in [0.2, 0.25) is 0 Å². The van der Waals surface area contributed by atoms with Gasteiger partial charge in [0.25, 0.3) is 0 Å². The Kier molecular flexibility index (Phi) is 5.67. The maximum Gasteiger partial charge on any atom is 0.0850 e. The molecule has 2 aliphatic rings. The number of rotatable bonds is 5. The van der Waals surface area contributed by atoms with Crippen molar-refractivity contribution in [3.8, 4) is 0 Å². The summed E-state index contributed by atoms with van der Waals surface area (Å²) >= 11 is 0. The largest absolute Gasteiger partial charge is 0.374 e. The Morgan fingerprint density at radius 3 is 2.32 bits per heavy atom. The minimum atomic E-state index is -0.00197. The van der Waals surface area contributed by atoms with E-state index < -0.39 is 0 Å². The van der Waals surface area contributed by atoms with Gasteiger partial charge in [-0.05, 0) is 57.3 Å². The minimum Gasteiger partial charge on any atom is -0.374 e. The standard InChI is InChI=1S/C16H32N2O/c1-3-19-16(11-9-13(2)10-12-16)15(18-17)14-7-5-4-6-8-14/h13-15,18H,3-12,17H2,1-2H3. The Labute approximate surface area is 118 Å². The van der Waals surface area contributed by atoms with E-state index in [4.69, 9.17) is 10.6 Å². The smallest absolute Gasteiger partial charge is 0.0850 e. The zero-order chi connectivity index (χ0) is 13.7. The van der Waals surface area contributed by atoms with Crippen LogP contribution in [0, 0.1) is 11.8 Å². The molecule has 0 aromatic carbocycles. The lowest BCUT2D eigenvalue weighted by Gasteiger charge is -2.48. The van der Waals surface area contributed by atoms with E-state index in [2.05, 4.69) is 19.3 Å². The molecule has 1 unspecified atom stereocenters. The molecule has 1 atom stereocenters. The van der Waals surface area contributed by atoms with E-state index in [9.17, 15) is 0 Å². The van der Waals surface area contributed by atoms with Crippen molar-refractivity contribution in [2.45, 2.75) is 83.3 Å². The third kappa shape index (κ3) is 3.50. The molecule has 2 aliphatic carbocycles. The average molecular weight is 268 g/mol. The summed E-state index contributed by atoms with van der Waals surface area (Å²) in [6.45, 7) is 5.29. The van der Waals surface area contributed by atoms with Crippen LogP contribution in [-0.4, -0.2) is 18.2 Å². The lowest BCUT2D eigenvalue weighted by atomic mass is 9.69. The molecule has 19 heavy (non-hydrogen) atoms. The lowest BCUT2D eigenvalue weighted by Crippen LogP contribution is -2.60. The highest BCUT2D eigenvalue weighted by Gasteiger charge is 2.45. The first-order valence-corrected chi connectivity index (χ1v) is 8.32. The van der Waals surface area contributed by atoms with E-state index in [1.165, 1.54) is 57.8 Å². The molecule has 2 rings (SSSR count). The highest BCUT2D eigenvalue weighted by Crippen LogP contribution is 2.42. The van der Waals surface area contributed by atoms with Gasteiger partial charge in [0.2, 0.25) is 0 Å². The van der Waals surface area contributed by atoms with Crippen molar-refractivity contribution in [3.63, 3.8) is 0 Å². The summed E-state index contributed by atoms with van der Waals surface area (Å²) in [6, 6.07) is 0.347. The van der Waals surface area contributed by atoms with Crippen LogP contribution in [0.5, 0.6) is 0 Å².